The summed E-state index contributed by atoms with van der Waals surface area (Å²) in [7, 11) is 5.99. The number of nitrogens with zero attached hydrogens (tertiary/aromatic N) is 4. The number of hydrogen-bond donors (Lipinski definition) is 0. The number of hydrogen-bond acceptors (Lipinski definition) is 5. The van der Waals surface area contributed by atoms with E-state index in [0.717, 1.165) is 52.4 Å². The number of aliphatic carboxylic acids is 1. The van der Waals surface area contributed by atoms with E-state index in [-0.39, 0.29) is 0 Å². The quantitative estimate of drug-likeness (QED) is 0.0468. The highest BCUT2D eigenvalue weighted by Gasteiger charge is 2.32. The molecule has 316 valence electrons. The van der Waals surface area contributed by atoms with Gasteiger partial charge in [-0.1, -0.05) is 206 Å². The monoisotopic (exact) mass is 749 g/mol. The Morgan fingerprint density at radius 1 is 0.415 bits per heavy atom. The Balaban J connectivity index is 2.30. The number of likely N-dealkylation sites (N-methyl/N-ethyl adjacent to an activating group) is 1. The summed E-state index contributed by atoms with van der Waals surface area (Å²) in [5, 5.41) is 12.4. The minimum absolute atomic E-state index is 0.376. The predicted molar refractivity (Wildman–Crippen MR) is 230 cm³/mol. The van der Waals surface area contributed by atoms with Crippen molar-refractivity contribution >= 4 is 5.97 Å². The van der Waals surface area contributed by atoms with E-state index in [1.165, 1.54) is 205 Å². The number of carboxylic acids is 1. The lowest BCUT2D eigenvalue weighted by molar-refractivity contribution is -0.901. The molecule has 1 fully saturated rings. The second-order valence-electron chi connectivity index (χ2n) is 18.1. The predicted octanol–water partition coefficient (Wildman–Crippen LogP) is 11.2. The molecule has 0 amide bonds. The largest absolute Gasteiger partial charge is 0.543 e. The van der Waals surface area contributed by atoms with Gasteiger partial charge in [-0.15, -0.1) is 0 Å². The van der Waals surface area contributed by atoms with Gasteiger partial charge in [-0.25, -0.2) is 4.90 Å². The third-order valence-electron chi connectivity index (χ3n) is 12.1. The third-order valence-corrected chi connectivity index (χ3v) is 12.1. The summed E-state index contributed by atoms with van der Waals surface area (Å²) in [6.07, 6.45) is 44.3. The van der Waals surface area contributed by atoms with Gasteiger partial charge in [0, 0.05) is 39.3 Å². The van der Waals surface area contributed by atoms with Crippen LogP contribution in [0.15, 0.2) is 0 Å². The smallest absolute Gasteiger partial charge is 0.185 e. The van der Waals surface area contributed by atoms with Crippen molar-refractivity contribution in [3.63, 3.8) is 0 Å². The first-order valence-electron chi connectivity index (χ1n) is 24.0. The van der Waals surface area contributed by atoms with Gasteiger partial charge in [-0.2, -0.15) is 0 Å². The van der Waals surface area contributed by atoms with E-state index in [1.54, 1.807) is 0 Å². The van der Waals surface area contributed by atoms with Gasteiger partial charge in [0.2, 0.25) is 0 Å². The average molecular weight is 749 g/mol. The Morgan fingerprint density at radius 2 is 0.642 bits per heavy atom. The zero-order chi connectivity index (χ0) is 38.7. The SMILES string of the molecule is CCCCCCCCCCCCCCCCCCN1CCN(CCCCCCCCCCCCCCCCCC)CCN(C(C(=O)[O-])[N+](C)(C)C)CC1. The van der Waals surface area contributed by atoms with Gasteiger partial charge in [-0.05, 0) is 25.9 Å². The lowest BCUT2D eigenvalue weighted by Gasteiger charge is -2.42. The van der Waals surface area contributed by atoms with Gasteiger partial charge >= 0.3 is 0 Å². The molecule has 0 N–H and O–H groups in total. The van der Waals surface area contributed by atoms with Gasteiger partial charge in [0.05, 0.1) is 21.1 Å². The summed E-state index contributed by atoms with van der Waals surface area (Å²) in [5.74, 6) is -0.939. The van der Waals surface area contributed by atoms with Crippen LogP contribution in [-0.4, -0.2) is 105 Å². The first-order chi connectivity index (χ1) is 25.8. The first-order valence-corrected chi connectivity index (χ1v) is 24.0. The maximum atomic E-state index is 12.4. The summed E-state index contributed by atoms with van der Waals surface area (Å²) in [4.78, 5) is 19.8. The van der Waals surface area contributed by atoms with Crippen LogP contribution >= 0.6 is 0 Å². The molecule has 0 aromatic rings. The van der Waals surface area contributed by atoms with Crippen molar-refractivity contribution in [2.75, 3.05) is 73.5 Å². The van der Waals surface area contributed by atoms with Gasteiger partial charge in [0.15, 0.2) is 6.17 Å². The Labute approximate surface area is 333 Å². The average Bonchev–Trinajstić information content (AvgIpc) is 3.21. The number of rotatable bonds is 37. The lowest BCUT2D eigenvalue weighted by Crippen LogP contribution is -2.64. The van der Waals surface area contributed by atoms with E-state index in [4.69, 9.17) is 0 Å². The first kappa shape index (κ1) is 50.3. The Morgan fingerprint density at radius 3 is 0.868 bits per heavy atom. The van der Waals surface area contributed by atoms with E-state index in [1.807, 2.05) is 21.1 Å². The highest BCUT2D eigenvalue weighted by molar-refractivity contribution is 5.69. The number of carboxylic acid groups (broad SMARTS) is 1. The lowest BCUT2D eigenvalue weighted by atomic mass is 10.0. The van der Waals surface area contributed by atoms with Crippen LogP contribution in [0, 0.1) is 0 Å². The number of unbranched alkanes of at least 4 members (excludes halogenated alkanes) is 30. The van der Waals surface area contributed by atoms with E-state index >= 15 is 0 Å². The van der Waals surface area contributed by atoms with Crippen LogP contribution in [0.1, 0.15) is 219 Å². The molecule has 1 unspecified atom stereocenters. The van der Waals surface area contributed by atoms with Crippen molar-refractivity contribution in [3.05, 3.63) is 0 Å². The Bertz CT molecular complexity index is 739. The summed E-state index contributed by atoms with van der Waals surface area (Å²) in [5.41, 5.74) is 0. The van der Waals surface area contributed by atoms with Crippen molar-refractivity contribution in [2.45, 2.75) is 225 Å². The fraction of sp³-hybridized carbons (Fsp3) is 0.979. The Hall–Kier alpha value is -0.690. The van der Waals surface area contributed by atoms with Crippen molar-refractivity contribution in [1.29, 1.82) is 0 Å². The van der Waals surface area contributed by atoms with Gasteiger partial charge in [0.25, 0.3) is 0 Å². The summed E-state index contributed by atoms with van der Waals surface area (Å²) in [6, 6.07) is 0. The fourth-order valence-corrected chi connectivity index (χ4v) is 8.57. The van der Waals surface area contributed by atoms with Gasteiger partial charge in [-0.3, -0.25) is 0 Å². The fourth-order valence-electron chi connectivity index (χ4n) is 8.57. The summed E-state index contributed by atoms with van der Waals surface area (Å²) < 4.78 is 0.376. The van der Waals surface area contributed by atoms with Crippen LogP contribution in [0.2, 0.25) is 0 Å². The molecule has 0 radical (unpaired) electrons. The molecule has 1 aliphatic rings. The molecular weight excluding hydrogens is 653 g/mol. The van der Waals surface area contributed by atoms with E-state index in [0.29, 0.717) is 4.48 Å². The van der Waals surface area contributed by atoms with Crippen LogP contribution in [-0.2, 0) is 4.79 Å². The molecule has 0 aromatic heterocycles. The molecule has 6 nitrogen and oxygen atoms in total. The Kier molecular flexibility index (Phi) is 33.9. The zero-order valence-electron chi connectivity index (χ0n) is 37.0. The molecule has 6 heteroatoms. The molecule has 1 rings (SSSR count). The number of carbonyl (C=O) groups is 1. The van der Waals surface area contributed by atoms with Crippen LogP contribution < -0.4 is 5.11 Å². The second kappa shape index (κ2) is 35.7. The molecule has 0 bridgehead atoms. The molecule has 1 atom stereocenters. The minimum Gasteiger partial charge on any atom is -0.543 e. The van der Waals surface area contributed by atoms with Gasteiger partial charge < -0.3 is 24.2 Å². The van der Waals surface area contributed by atoms with Crippen LogP contribution in [0.4, 0.5) is 0 Å². The standard InChI is InChI=1S/C47H96N4O2/c1-6-8-10-12-14-16-18-20-22-24-26-28-30-32-34-36-38-48-40-41-49(43-45-50(44-42-48)46(47(52)53)51(3,4)5)39-37-35-33-31-29-27-25-23-21-19-17-15-13-11-9-7-2/h46H,6-45H2,1-5H3. The molecule has 53 heavy (non-hydrogen) atoms. The van der Waals surface area contributed by atoms with Crippen molar-refractivity contribution in [2.24, 2.45) is 0 Å². The molecule has 0 aromatic carbocycles. The van der Waals surface area contributed by atoms with Crippen LogP contribution in [0.5, 0.6) is 0 Å². The molecule has 0 saturated carbocycles. The summed E-state index contributed by atoms with van der Waals surface area (Å²) in [6.45, 7) is 12.6. The number of carbonyl (C=O) groups excluding carboxylic acids is 1. The van der Waals surface area contributed by atoms with E-state index in [9.17, 15) is 9.90 Å². The van der Waals surface area contributed by atoms with Crippen molar-refractivity contribution in [1.82, 2.24) is 14.7 Å². The molecule has 0 aliphatic carbocycles. The van der Waals surface area contributed by atoms with E-state index in [2.05, 4.69) is 28.5 Å². The maximum absolute atomic E-state index is 12.4. The van der Waals surface area contributed by atoms with Gasteiger partial charge in [0.1, 0.15) is 5.97 Å². The molecule has 1 aliphatic heterocycles. The highest BCUT2D eigenvalue weighted by atomic mass is 16.4. The second-order valence-corrected chi connectivity index (χ2v) is 18.1. The van der Waals surface area contributed by atoms with Crippen molar-refractivity contribution < 1.29 is 14.4 Å². The van der Waals surface area contributed by atoms with Crippen LogP contribution in [0.25, 0.3) is 0 Å². The highest BCUT2D eigenvalue weighted by Crippen LogP contribution is 2.17. The third kappa shape index (κ3) is 30.2. The van der Waals surface area contributed by atoms with Crippen molar-refractivity contribution in [3.8, 4) is 0 Å². The molecule has 1 saturated heterocycles. The number of quaternary nitrogens is 1. The molecule has 0 spiro atoms. The molecule has 1 heterocycles. The maximum Gasteiger partial charge on any atom is 0.185 e. The van der Waals surface area contributed by atoms with Crippen LogP contribution in [0.3, 0.4) is 0 Å². The zero-order valence-corrected chi connectivity index (χ0v) is 37.0. The summed E-state index contributed by atoms with van der Waals surface area (Å²) >= 11 is 0. The minimum atomic E-state index is -0.939. The van der Waals surface area contributed by atoms with E-state index < -0.39 is 12.1 Å². The topological polar surface area (TPSA) is 49.8 Å². The normalized spacial score (nSPS) is 16.1. The molecular formula is C47H96N4O2.